The maximum Gasteiger partial charge on any atom is 0.409 e. The molecule has 3 rings (SSSR count). The van der Waals surface area contributed by atoms with Crippen molar-refractivity contribution in [1.82, 2.24) is 19.6 Å². The van der Waals surface area contributed by atoms with Crippen molar-refractivity contribution in [3.8, 4) is 11.5 Å². The second-order valence-corrected chi connectivity index (χ2v) is 10.2. The molecule has 1 saturated heterocycles. The standard InChI is InChI=1S/C24H29ClF2N4O5S/c1-29-9-7-18(8-10-29)36-24(33)30(2)11-12-31(15-22(32)28-34)37-19-13-20(26)23(21(27)14-19)35-17-5-3-16(25)4-6-17/h3-6,13-14,18,34H,7-12,15H2,1-2H3,(H,28,32). The first-order chi connectivity index (χ1) is 17.6. The highest BCUT2D eigenvalue weighted by Crippen LogP contribution is 2.33. The minimum Gasteiger partial charge on any atom is -0.451 e. The van der Waals surface area contributed by atoms with Gasteiger partial charge in [0, 0.05) is 43.1 Å². The molecule has 202 valence electrons. The summed E-state index contributed by atoms with van der Waals surface area (Å²) in [6.07, 6.45) is 0.857. The van der Waals surface area contributed by atoms with Gasteiger partial charge in [0.2, 0.25) is 0 Å². The van der Waals surface area contributed by atoms with Gasteiger partial charge in [0.1, 0.15) is 11.9 Å². The quantitative estimate of drug-likeness (QED) is 0.252. The van der Waals surface area contributed by atoms with E-state index in [9.17, 15) is 18.4 Å². The maximum atomic E-state index is 14.7. The first-order valence-electron chi connectivity index (χ1n) is 11.5. The summed E-state index contributed by atoms with van der Waals surface area (Å²) in [5.41, 5.74) is 1.53. The molecule has 1 aliphatic rings. The Labute approximate surface area is 223 Å². The number of likely N-dealkylation sites (tertiary alicyclic amines) is 1. The Hall–Kier alpha value is -2.64. The molecular weight excluding hydrogens is 530 g/mol. The van der Waals surface area contributed by atoms with Crippen LogP contribution in [0.25, 0.3) is 0 Å². The molecule has 0 atom stereocenters. The molecule has 2 amide bonds. The van der Waals surface area contributed by atoms with Crippen LogP contribution < -0.4 is 10.2 Å². The first-order valence-corrected chi connectivity index (χ1v) is 12.7. The van der Waals surface area contributed by atoms with Gasteiger partial charge in [-0.3, -0.25) is 10.0 Å². The molecule has 37 heavy (non-hydrogen) atoms. The highest BCUT2D eigenvalue weighted by molar-refractivity contribution is 7.97. The second-order valence-electron chi connectivity index (χ2n) is 8.57. The summed E-state index contributed by atoms with van der Waals surface area (Å²) in [6, 6.07) is 8.16. The van der Waals surface area contributed by atoms with Gasteiger partial charge >= 0.3 is 6.09 Å². The van der Waals surface area contributed by atoms with Crippen molar-refractivity contribution in [3.05, 3.63) is 53.1 Å². The zero-order chi connectivity index (χ0) is 26.9. The number of nitrogens with zero attached hydrogens (tertiary/aromatic N) is 3. The summed E-state index contributed by atoms with van der Waals surface area (Å²) in [7, 11) is 3.57. The molecule has 0 spiro atoms. The normalized spacial score (nSPS) is 14.5. The topological polar surface area (TPSA) is 94.6 Å². The van der Waals surface area contributed by atoms with Crippen LogP contribution in [0.4, 0.5) is 13.6 Å². The SMILES string of the molecule is CN1CCC(OC(=O)N(C)CCN(CC(=O)NO)Sc2cc(F)c(Oc3ccc(Cl)cc3)c(F)c2)CC1. The average molecular weight is 559 g/mol. The zero-order valence-corrected chi connectivity index (χ0v) is 22.0. The number of likely N-dealkylation sites (N-methyl/N-ethyl adjacent to an activating group) is 1. The number of hydrogen-bond acceptors (Lipinski definition) is 8. The molecule has 0 radical (unpaired) electrons. The molecule has 0 bridgehead atoms. The summed E-state index contributed by atoms with van der Waals surface area (Å²) in [5.74, 6) is -2.99. The number of hydrogen-bond donors (Lipinski definition) is 2. The number of benzene rings is 2. The van der Waals surface area contributed by atoms with Gasteiger partial charge in [0.25, 0.3) is 5.91 Å². The maximum absolute atomic E-state index is 14.7. The molecule has 0 unspecified atom stereocenters. The van der Waals surface area contributed by atoms with Crippen molar-refractivity contribution in [2.24, 2.45) is 0 Å². The number of hydroxylamine groups is 1. The van der Waals surface area contributed by atoms with Crippen LogP contribution in [0.5, 0.6) is 11.5 Å². The van der Waals surface area contributed by atoms with Crippen LogP contribution in [-0.4, -0.2) is 84.2 Å². The Morgan fingerprint density at radius 1 is 1.16 bits per heavy atom. The van der Waals surface area contributed by atoms with Crippen molar-refractivity contribution in [3.63, 3.8) is 0 Å². The predicted octanol–water partition coefficient (Wildman–Crippen LogP) is 4.39. The third kappa shape index (κ3) is 9.00. The second kappa shape index (κ2) is 13.8. The lowest BCUT2D eigenvalue weighted by atomic mass is 10.1. The van der Waals surface area contributed by atoms with Crippen LogP contribution in [0.15, 0.2) is 41.3 Å². The van der Waals surface area contributed by atoms with Crippen LogP contribution in [0.2, 0.25) is 5.02 Å². The highest BCUT2D eigenvalue weighted by Gasteiger charge is 2.23. The van der Waals surface area contributed by atoms with Crippen LogP contribution in [0.3, 0.4) is 0 Å². The predicted molar refractivity (Wildman–Crippen MR) is 135 cm³/mol. The summed E-state index contributed by atoms with van der Waals surface area (Å²) in [5, 5.41) is 9.38. The van der Waals surface area contributed by atoms with E-state index in [1.807, 2.05) is 7.05 Å². The van der Waals surface area contributed by atoms with Crippen LogP contribution >= 0.6 is 23.5 Å². The van der Waals surface area contributed by atoms with Crippen LogP contribution in [0.1, 0.15) is 12.8 Å². The number of amides is 2. The molecule has 0 aromatic heterocycles. The lowest BCUT2D eigenvalue weighted by molar-refractivity contribution is -0.129. The molecule has 13 heteroatoms. The summed E-state index contributed by atoms with van der Waals surface area (Å²) >= 11 is 6.71. The van der Waals surface area contributed by atoms with E-state index in [0.717, 1.165) is 50.0 Å². The van der Waals surface area contributed by atoms with E-state index in [1.165, 1.54) is 39.0 Å². The molecule has 9 nitrogen and oxygen atoms in total. The van der Waals surface area contributed by atoms with Gasteiger partial charge in [-0.25, -0.2) is 23.4 Å². The van der Waals surface area contributed by atoms with Gasteiger partial charge < -0.3 is 19.3 Å². The fraction of sp³-hybridized carbons (Fsp3) is 0.417. The van der Waals surface area contributed by atoms with Crippen molar-refractivity contribution in [1.29, 1.82) is 0 Å². The third-order valence-corrected chi connectivity index (χ3v) is 6.88. The molecule has 0 aliphatic carbocycles. The van der Waals surface area contributed by atoms with E-state index in [1.54, 1.807) is 7.05 Å². The highest BCUT2D eigenvalue weighted by atomic mass is 35.5. The number of nitrogens with one attached hydrogen (secondary N) is 1. The van der Waals surface area contributed by atoms with E-state index < -0.39 is 29.4 Å². The van der Waals surface area contributed by atoms with E-state index >= 15 is 0 Å². The van der Waals surface area contributed by atoms with E-state index in [0.29, 0.717) is 5.02 Å². The van der Waals surface area contributed by atoms with E-state index in [2.05, 4.69) is 4.90 Å². The molecule has 2 aromatic carbocycles. The molecular formula is C24H29ClF2N4O5S. The lowest BCUT2D eigenvalue weighted by Gasteiger charge is -2.30. The number of carbonyl (C=O) groups is 2. The number of piperidine rings is 1. The number of ether oxygens (including phenoxy) is 2. The van der Waals surface area contributed by atoms with Crippen molar-refractivity contribution in [2.45, 2.75) is 23.8 Å². The Balaban J connectivity index is 1.62. The minimum atomic E-state index is -0.942. The van der Waals surface area contributed by atoms with Crippen LogP contribution in [-0.2, 0) is 9.53 Å². The third-order valence-electron chi connectivity index (χ3n) is 5.61. The van der Waals surface area contributed by atoms with Gasteiger partial charge in [0.05, 0.1) is 6.54 Å². The fourth-order valence-electron chi connectivity index (χ4n) is 3.50. The van der Waals surface area contributed by atoms with Crippen molar-refractivity contribution >= 4 is 35.5 Å². The first kappa shape index (κ1) is 28.9. The van der Waals surface area contributed by atoms with Gasteiger partial charge in [-0.05, 0) is 68.2 Å². The van der Waals surface area contributed by atoms with Gasteiger partial charge in [0.15, 0.2) is 17.4 Å². The molecule has 0 saturated carbocycles. The van der Waals surface area contributed by atoms with Gasteiger partial charge in [-0.15, -0.1) is 0 Å². The molecule has 1 fully saturated rings. The summed E-state index contributed by atoms with van der Waals surface area (Å²) in [6.45, 7) is 1.70. The largest absolute Gasteiger partial charge is 0.451 e. The molecule has 1 heterocycles. The number of rotatable bonds is 10. The molecule has 2 aromatic rings. The van der Waals surface area contributed by atoms with E-state index in [4.69, 9.17) is 26.3 Å². The number of carbonyl (C=O) groups excluding carboxylic acids is 2. The Morgan fingerprint density at radius 2 is 1.78 bits per heavy atom. The van der Waals surface area contributed by atoms with Gasteiger partial charge in [-0.2, -0.15) is 0 Å². The zero-order valence-electron chi connectivity index (χ0n) is 20.5. The monoisotopic (exact) mass is 558 g/mol. The molecule has 1 aliphatic heterocycles. The minimum absolute atomic E-state index is 0.142. The Kier molecular flexibility index (Phi) is 10.8. The molecule has 2 N–H and O–H groups in total. The van der Waals surface area contributed by atoms with Gasteiger partial charge in [-0.1, -0.05) is 11.6 Å². The van der Waals surface area contributed by atoms with Crippen LogP contribution in [0, 0.1) is 11.6 Å². The Morgan fingerprint density at radius 3 is 2.38 bits per heavy atom. The Bertz CT molecular complexity index is 1050. The van der Waals surface area contributed by atoms with E-state index in [-0.39, 0.29) is 36.4 Å². The van der Waals surface area contributed by atoms with Crippen molar-refractivity contribution < 1.29 is 33.1 Å². The smallest absolute Gasteiger partial charge is 0.409 e. The summed E-state index contributed by atoms with van der Waals surface area (Å²) < 4.78 is 41.7. The lowest BCUT2D eigenvalue weighted by Crippen LogP contribution is -2.41. The summed E-state index contributed by atoms with van der Waals surface area (Å²) in [4.78, 5) is 27.9. The average Bonchev–Trinajstić information content (AvgIpc) is 2.87. The fourth-order valence-corrected chi connectivity index (χ4v) is 4.59. The number of halogens is 3. The van der Waals surface area contributed by atoms with Crippen molar-refractivity contribution in [2.75, 3.05) is 46.8 Å².